The van der Waals surface area contributed by atoms with Crippen LogP contribution in [0.15, 0.2) is 18.3 Å². The number of aryl methyl sites for hydroxylation is 3. The van der Waals surface area contributed by atoms with E-state index in [4.69, 9.17) is 0 Å². The number of nitrogens with zero attached hydrogens (tertiary/aromatic N) is 2. The molecule has 0 bridgehead atoms. The fourth-order valence-corrected chi connectivity index (χ4v) is 2.51. The maximum Gasteiger partial charge on any atom is 0.169 e. The summed E-state index contributed by atoms with van der Waals surface area (Å²) in [5.41, 5.74) is 2.59. The van der Waals surface area contributed by atoms with Crippen LogP contribution in [0.2, 0.25) is 0 Å². The zero-order valence-electron chi connectivity index (χ0n) is 10.2. The van der Waals surface area contributed by atoms with Crippen LogP contribution in [0, 0.1) is 20.8 Å². The average molecular weight is 246 g/mol. The molecule has 0 saturated carbocycles. The summed E-state index contributed by atoms with van der Waals surface area (Å²) in [4.78, 5) is 21.7. The van der Waals surface area contributed by atoms with Crippen LogP contribution in [0.1, 0.15) is 31.6 Å². The molecule has 0 unspecified atom stereocenters. The highest BCUT2D eigenvalue weighted by atomic mass is 32.1. The molecule has 3 nitrogen and oxygen atoms in total. The molecule has 0 aromatic carbocycles. The second-order valence-electron chi connectivity index (χ2n) is 4.04. The first-order valence-corrected chi connectivity index (χ1v) is 6.26. The lowest BCUT2D eigenvalue weighted by atomic mass is 10.1. The summed E-state index contributed by atoms with van der Waals surface area (Å²) in [6.45, 7) is 5.88. The molecule has 0 aliphatic rings. The summed E-state index contributed by atoms with van der Waals surface area (Å²) in [6.07, 6.45) is 2.05. The van der Waals surface area contributed by atoms with Crippen molar-refractivity contribution in [3.05, 3.63) is 45.2 Å². The number of hydrogen-bond donors (Lipinski definition) is 0. The van der Waals surface area contributed by atoms with E-state index in [1.807, 2.05) is 26.8 Å². The molecular formula is C13H14N2OS. The maximum atomic E-state index is 12.0. The highest BCUT2D eigenvalue weighted by Gasteiger charge is 2.11. The molecule has 0 amide bonds. The van der Waals surface area contributed by atoms with E-state index >= 15 is 0 Å². The number of rotatable bonds is 3. The van der Waals surface area contributed by atoms with Gasteiger partial charge in [-0.25, -0.2) is 4.98 Å². The third kappa shape index (κ3) is 2.77. The number of aromatic nitrogens is 2. The predicted molar refractivity (Wildman–Crippen MR) is 68.6 cm³/mol. The molecule has 2 rings (SSSR count). The zero-order chi connectivity index (χ0) is 12.4. The van der Waals surface area contributed by atoms with Crippen molar-refractivity contribution >= 4 is 17.1 Å². The minimum Gasteiger partial charge on any atom is -0.294 e. The van der Waals surface area contributed by atoms with Gasteiger partial charge in [-0.3, -0.25) is 9.78 Å². The van der Waals surface area contributed by atoms with Gasteiger partial charge in [0.05, 0.1) is 12.1 Å². The first-order valence-electron chi connectivity index (χ1n) is 5.45. The van der Waals surface area contributed by atoms with Crippen molar-refractivity contribution in [2.45, 2.75) is 27.2 Å². The van der Waals surface area contributed by atoms with Crippen LogP contribution in [0.5, 0.6) is 0 Å². The van der Waals surface area contributed by atoms with E-state index < -0.39 is 0 Å². The van der Waals surface area contributed by atoms with E-state index in [-0.39, 0.29) is 5.78 Å². The van der Waals surface area contributed by atoms with Gasteiger partial charge in [0, 0.05) is 22.3 Å². The molecule has 4 heteroatoms. The molecule has 88 valence electrons. The van der Waals surface area contributed by atoms with Crippen LogP contribution in [0.25, 0.3) is 0 Å². The number of pyridine rings is 1. The average Bonchev–Trinajstić information content (AvgIpc) is 2.58. The molecule has 2 aromatic heterocycles. The SMILES string of the molecule is Cc1cc(C(=O)Cc2nc(C)c(C)s2)ccn1. The summed E-state index contributed by atoms with van der Waals surface area (Å²) < 4.78 is 0. The smallest absolute Gasteiger partial charge is 0.169 e. The van der Waals surface area contributed by atoms with E-state index in [9.17, 15) is 4.79 Å². The number of hydrogen-bond acceptors (Lipinski definition) is 4. The number of Topliss-reactive ketones (excluding diaryl/α,β-unsaturated/α-hetero) is 1. The van der Waals surface area contributed by atoms with Crippen molar-refractivity contribution in [1.29, 1.82) is 0 Å². The van der Waals surface area contributed by atoms with Crippen LogP contribution in [0.3, 0.4) is 0 Å². The minimum absolute atomic E-state index is 0.101. The van der Waals surface area contributed by atoms with Gasteiger partial charge in [-0.15, -0.1) is 11.3 Å². The normalized spacial score (nSPS) is 10.5. The largest absolute Gasteiger partial charge is 0.294 e. The van der Waals surface area contributed by atoms with E-state index in [0.29, 0.717) is 12.0 Å². The predicted octanol–water partition coefficient (Wildman–Crippen LogP) is 2.89. The molecule has 0 spiro atoms. The minimum atomic E-state index is 0.101. The lowest BCUT2D eigenvalue weighted by molar-refractivity contribution is 0.0992. The summed E-state index contributed by atoms with van der Waals surface area (Å²) in [7, 11) is 0. The van der Waals surface area contributed by atoms with Crippen molar-refractivity contribution in [3.8, 4) is 0 Å². The van der Waals surface area contributed by atoms with Gasteiger partial charge in [0.1, 0.15) is 5.01 Å². The molecule has 0 radical (unpaired) electrons. The standard InChI is InChI=1S/C13H14N2OS/c1-8-6-11(4-5-14-8)12(16)7-13-15-9(2)10(3)17-13/h4-6H,7H2,1-3H3. The molecule has 17 heavy (non-hydrogen) atoms. The summed E-state index contributed by atoms with van der Waals surface area (Å²) >= 11 is 1.59. The van der Waals surface area contributed by atoms with Crippen molar-refractivity contribution in [1.82, 2.24) is 9.97 Å². The molecule has 2 aromatic rings. The molecule has 2 heterocycles. The van der Waals surface area contributed by atoms with Crippen molar-refractivity contribution in [3.63, 3.8) is 0 Å². The zero-order valence-corrected chi connectivity index (χ0v) is 11.0. The van der Waals surface area contributed by atoms with E-state index in [0.717, 1.165) is 16.4 Å². The number of carbonyl (C=O) groups is 1. The van der Waals surface area contributed by atoms with Crippen LogP contribution in [-0.4, -0.2) is 15.8 Å². The van der Waals surface area contributed by atoms with Gasteiger partial charge in [0.15, 0.2) is 5.78 Å². The Morgan fingerprint density at radius 2 is 2.12 bits per heavy atom. The molecule has 0 fully saturated rings. The van der Waals surface area contributed by atoms with Gasteiger partial charge < -0.3 is 0 Å². The van der Waals surface area contributed by atoms with E-state index in [2.05, 4.69) is 9.97 Å². The Morgan fingerprint density at radius 3 is 2.71 bits per heavy atom. The van der Waals surface area contributed by atoms with Crippen LogP contribution in [0.4, 0.5) is 0 Å². The molecule has 0 saturated heterocycles. The monoisotopic (exact) mass is 246 g/mol. The van der Waals surface area contributed by atoms with E-state index in [1.165, 1.54) is 4.88 Å². The molecule has 0 N–H and O–H groups in total. The lowest BCUT2D eigenvalue weighted by Gasteiger charge is -1.99. The van der Waals surface area contributed by atoms with Crippen molar-refractivity contribution < 1.29 is 4.79 Å². The second kappa shape index (κ2) is 4.75. The fourth-order valence-electron chi connectivity index (χ4n) is 1.57. The Balaban J connectivity index is 2.17. The fraction of sp³-hybridized carbons (Fsp3) is 0.308. The summed E-state index contributed by atoms with van der Waals surface area (Å²) in [6, 6.07) is 3.57. The molecule has 0 aliphatic heterocycles. The van der Waals surface area contributed by atoms with Crippen molar-refractivity contribution in [2.75, 3.05) is 0 Å². The quantitative estimate of drug-likeness (QED) is 0.782. The third-order valence-electron chi connectivity index (χ3n) is 2.60. The van der Waals surface area contributed by atoms with Crippen LogP contribution >= 0.6 is 11.3 Å². The van der Waals surface area contributed by atoms with Gasteiger partial charge in [0.25, 0.3) is 0 Å². The Bertz CT molecular complexity index is 541. The summed E-state index contributed by atoms with van der Waals surface area (Å²) in [5, 5.41) is 0.888. The Kier molecular flexibility index (Phi) is 3.33. The highest BCUT2D eigenvalue weighted by molar-refractivity contribution is 7.11. The summed E-state index contributed by atoms with van der Waals surface area (Å²) in [5.74, 6) is 0.101. The number of thiazole rings is 1. The highest BCUT2D eigenvalue weighted by Crippen LogP contribution is 2.18. The van der Waals surface area contributed by atoms with Gasteiger partial charge in [-0.1, -0.05) is 0 Å². The van der Waals surface area contributed by atoms with E-state index in [1.54, 1.807) is 23.6 Å². The van der Waals surface area contributed by atoms with Gasteiger partial charge >= 0.3 is 0 Å². The van der Waals surface area contributed by atoms with Gasteiger partial charge in [-0.05, 0) is 32.9 Å². The maximum absolute atomic E-state index is 12.0. The first-order chi connectivity index (χ1) is 8.06. The Hall–Kier alpha value is -1.55. The lowest BCUT2D eigenvalue weighted by Crippen LogP contribution is -2.04. The van der Waals surface area contributed by atoms with Gasteiger partial charge in [0.2, 0.25) is 0 Å². The Morgan fingerprint density at radius 1 is 1.35 bits per heavy atom. The second-order valence-corrected chi connectivity index (χ2v) is 5.32. The van der Waals surface area contributed by atoms with Crippen LogP contribution in [-0.2, 0) is 6.42 Å². The Labute approximate surface area is 105 Å². The van der Waals surface area contributed by atoms with Crippen molar-refractivity contribution in [2.24, 2.45) is 0 Å². The molecular weight excluding hydrogens is 232 g/mol. The molecule has 0 aliphatic carbocycles. The van der Waals surface area contributed by atoms with Crippen LogP contribution < -0.4 is 0 Å². The number of ketones is 1. The number of carbonyl (C=O) groups excluding carboxylic acids is 1. The van der Waals surface area contributed by atoms with Gasteiger partial charge in [-0.2, -0.15) is 0 Å². The molecule has 0 atom stereocenters. The first kappa shape index (κ1) is 11.9. The third-order valence-corrected chi connectivity index (χ3v) is 3.68. The topological polar surface area (TPSA) is 42.9 Å².